The molecule has 1 N–H and O–H groups in total. The van der Waals surface area contributed by atoms with Crippen LogP contribution < -0.4 is 5.32 Å². The predicted molar refractivity (Wildman–Crippen MR) is 53.2 cm³/mol. The molecular formula is C9H13ClF3NO2. The van der Waals surface area contributed by atoms with Crippen LogP contribution in [0.2, 0.25) is 0 Å². The molecule has 3 nitrogen and oxygen atoms in total. The van der Waals surface area contributed by atoms with Gasteiger partial charge in [0.05, 0.1) is 5.88 Å². The summed E-state index contributed by atoms with van der Waals surface area (Å²) in [5.41, 5.74) is 0. The van der Waals surface area contributed by atoms with E-state index in [0.717, 1.165) is 0 Å². The monoisotopic (exact) mass is 259 g/mol. The van der Waals surface area contributed by atoms with E-state index < -0.39 is 18.0 Å². The van der Waals surface area contributed by atoms with E-state index >= 15 is 0 Å². The maximum atomic E-state index is 11.8. The van der Waals surface area contributed by atoms with Crippen LogP contribution in [0.3, 0.4) is 0 Å². The van der Waals surface area contributed by atoms with Gasteiger partial charge in [-0.2, -0.15) is 13.2 Å². The number of Topliss-reactive ketones (excluding diaryl/α,β-unsaturated/α-hetero) is 1. The van der Waals surface area contributed by atoms with Crippen molar-refractivity contribution in [2.45, 2.75) is 25.9 Å². The van der Waals surface area contributed by atoms with Gasteiger partial charge in [0.15, 0.2) is 5.78 Å². The van der Waals surface area contributed by atoms with Crippen molar-refractivity contribution in [1.82, 2.24) is 5.32 Å². The van der Waals surface area contributed by atoms with Gasteiger partial charge in [-0.1, -0.05) is 13.3 Å². The lowest BCUT2D eigenvalue weighted by Crippen LogP contribution is -2.41. The van der Waals surface area contributed by atoms with Gasteiger partial charge in [0.2, 0.25) is 0 Å². The standard InChI is InChI=1S/C9H13ClF3NO2/c1-2-3-6(7(15)4-10)5-14-8(16)9(11,12)13/h6H,2-5H2,1H3,(H,14,16). The van der Waals surface area contributed by atoms with Crippen molar-refractivity contribution in [2.75, 3.05) is 12.4 Å². The minimum absolute atomic E-state index is 0.257. The van der Waals surface area contributed by atoms with E-state index in [-0.39, 0.29) is 18.2 Å². The van der Waals surface area contributed by atoms with E-state index in [9.17, 15) is 22.8 Å². The highest BCUT2D eigenvalue weighted by atomic mass is 35.5. The van der Waals surface area contributed by atoms with Crippen LogP contribution in [0.5, 0.6) is 0 Å². The maximum Gasteiger partial charge on any atom is 0.471 e. The molecule has 7 heteroatoms. The molecule has 0 heterocycles. The highest BCUT2D eigenvalue weighted by Gasteiger charge is 2.38. The average molecular weight is 260 g/mol. The van der Waals surface area contributed by atoms with Crippen molar-refractivity contribution in [3.63, 3.8) is 0 Å². The summed E-state index contributed by atoms with van der Waals surface area (Å²) in [6.45, 7) is 1.47. The molecule has 1 unspecified atom stereocenters. The Labute approximate surface area is 96.3 Å². The summed E-state index contributed by atoms with van der Waals surface area (Å²) in [6, 6.07) is 0. The number of carbonyl (C=O) groups is 2. The minimum Gasteiger partial charge on any atom is -0.348 e. The van der Waals surface area contributed by atoms with E-state index in [1.54, 1.807) is 12.2 Å². The number of carbonyl (C=O) groups excluding carboxylic acids is 2. The SMILES string of the molecule is CCCC(CNC(=O)C(F)(F)F)C(=O)CCl. The Balaban J connectivity index is 4.22. The molecule has 0 bridgehead atoms. The molecular weight excluding hydrogens is 247 g/mol. The van der Waals surface area contributed by atoms with Crippen LogP contribution in [0.25, 0.3) is 0 Å². The molecule has 0 aromatic rings. The molecule has 0 aromatic carbocycles. The second-order valence-electron chi connectivity index (χ2n) is 3.29. The van der Waals surface area contributed by atoms with Crippen molar-refractivity contribution >= 4 is 23.3 Å². The molecule has 1 atom stereocenters. The first-order valence-electron chi connectivity index (χ1n) is 4.76. The highest BCUT2D eigenvalue weighted by Crippen LogP contribution is 2.15. The fraction of sp³-hybridized carbons (Fsp3) is 0.778. The molecule has 16 heavy (non-hydrogen) atoms. The molecule has 0 aliphatic carbocycles. The Morgan fingerprint density at radius 2 is 1.94 bits per heavy atom. The molecule has 0 rings (SSSR count). The van der Waals surface area contributed by atoms with E-state index in [4.69, 9.17) is 11.6 Å². The van der Waals surface area contributed by atoms with Crippen LogP contribution in [0.1, 0.15) is 19.8 Å². The second kappa shape index (κ2) is 6.73. The smallest absolute Gasteiger partial charge is 0.348 e. The lowest BCUT2D eigenvalue weighted by Gasteiger charge is -2.15. The summed E-state index contributed by atoms with van der Waals surface area (Å²) < 4.78 is 35.5. The molecule has 0 aliphatic heterocycles. The normalized spacial score (nSPS) is 13.3. The number of hydrogen-bond acceptors (Lipinski definition) is 2. The molecule has 0 aromatic heterocycles. The number of ketones is 1. The predicted octanol–water partition coefficient (Wildman–Crippen LogP) is 1.89. The van der Waals surface area contributed by atoms with Crippen molar-refractivity contribution in [3.05, 3.63) is 0 Å². The zero-order valence-corrected chi connectivity index (χ0v) is 9.49. The fourth-order valence-electron chi connectivity index (χ4n) is 1.15. The average Bonchev–Trinajstić information content (AvgIpc) is 2.21. The summed E-state index contributed by atoms with van der Waals surface area (Å²) in [5, 5.41) is 1.68. The third-order valence-electron chi connectivity index (χ3n) is 1.99. The Kier molecular flexibility index (Phi) is 6.40. The summed E-state index contributed by atoms with van der Waals surface area (Å²) >= 11 is 5.30. The number of amides is 1. The van der Waals surface area contributed by atoms with Gasteiger partial charge in [0.1, 0.15) is 0 Å². The molecule has 0 saturated carbocycles. The Morgan fingerprint density at radius 3 is 2.31 bits per heavy atom. The lowest BCUT2D eigenvalue weighted by atomic mass is 9.99. The van der Waals surface area contributed by atoms with E-state index in [0.29, 0.717) is 12.8 Å². The zero-order chi connectivity index (χ0) is 12.8. The number of hydrogen-bond donors (Lipinski definition) is 1. The van der Waals surface area contributed by atoms with Gasteiger partial charge in [-0.3, -0.25) is 9.59 Å². The van der Waals surface area contributed by atoms with Crippen molar-refractivity contribution < 1.29 is 22.8 Å². The van der Waals surface area contributed by atoms with Gasteiger partial charge in [-0.05, 0) is 6.42 Å². The molecule has 0 fully saturated rings. The lowest BCUT2D eigenvalue weighted by molar-refractivity contribution is -0.173. The van der Waals surface area contributed by atoms with Crippen LogP contribution >= 0.6 is 11.6 Å². The van der Waals surface area contributed by atoms with Crippen LogP contribution in [-0.4, -0.2) is 30.3 Å². The first-order chi connectivity index (χ1) is 7.32. The van der Waals surface area contributed by atoms with Crippen LogP contribution in [-0.2, 0) is 9.59 Å². The molecule has 0 radical (unpaired) electrons. The number of alkyl halides is 4. The summed E-state index contributed by atoms with van der Waals surface area (Å²) in [5.74, 6) is -3.29. The molecule has 0 saturated heterocycles. The molecule has 1 amide bonds. The van der Waals surface area contributed by atoms with Crippen molar-refractivity contribution in [1.29, 1.82) is 0 Å². The Morgan fingerprint density at radius 1 is 1.38 bits per heavy atom. The number of rotatable bonds is 6. The van der Waals surface area contributed by atoms with Gasteiger partial charge in [-0.25, -0.2) is 0 Å². The third kappa shape index (κ3) is 5.34. The van der Waals surface area contributed by atoms with Crippen LogP contribution in [0.15, 0.2) is 0 Å². The third-order valence-corrected chi connectivity index (χ3v) is 2.25. The van der Waals surface area contributed by atoms with E-state index in [1.807, 2.05) is 0 Å². The molecule has 0 aliphatic rings. The Bertz CT molecular complexity index is 256. The summed E-state index contributed by atoms with van der Waals surface area (Å²) in [6.07, 6.45) is -3.88. The minimum atomic E-state index is -4.92. The van der Waals surface area contributed by atoms with Crippen molar-refractivity contribution in [3.8, 4) is 0 Å². The largest absolute Gasteiger partial charge is 0.471 e. The van der Waals surface area contributed by atoms with Crippen molar-refractivity contribution in [2.24, 2.45) is 5.92 Å². The fourth-order valence-corrected chi connectivity index (χ4v) is 1.37. The van der Waals surface area contributed by atoms with Crippen LogP contribution in [0.4, 0.5) is 13.2 Å². The number of nitrogens with one attached hydrogen (secondary N) is 1. The highest BCUT2D eigenvalue weighted by molar-refractivity contribution is 6.27. The van der Waals surface area contributed by atoms with Gasteiger partial charge in [-0.15, -0.1) is 11.6 Å². The summed E-state index contributed by atoms with van der Waals surface area (Å²) in [7, 11) is 0. The van der Waals surface area contributed by atoms with E-state index in [2.05, 4.69) is 0 Å². The van der Waals surface area contributed by atoms with Gasteiger partial charge < -0.3 is 5.32 Å². The van der Waals surface area contributed by atoms with E-state index in [1.165, 1.54) is 0 Å². The Hall–Kier alpha value is -0.780. The summed E-state index contributed by atoms with van der Waals surface area (Å²) in [4.78, 5) is 21.7. The second-order valence-corrected chi connectivity index (χ2v) is 3.56. The maximum absolute atomic E-state index is 11.8. The quantitative estimate of drug-likeness (QED) is 0.741. The molecule has 0 spiro atoms. The molecule has 94 valence electrons. The van der Waals surface area contributed by atoms with Gasteiger partial charge in [0.25, 0.3) is 0 Å². The number of halogens is 4. The van der Waals surface area contributed by atoms with Crippen LogP contribution in [0, 0.1) is 5.92 Å². The topological polar surface area (TPSA) is 46.2 Å². The first kappa shape index (κ1) is 15.2. The van der Waals surface area contributed by atoms with Gasteiger partial charge in [0, 0.05) is 12.5 Å². The van der Waals surface area contributed by atoms with Gasteiger partial charge >= 0.3 is 12.1 Å². The first-order valence-corrected chi connectivity index (χ1v) is 5.30. The zero-order valence-electron chi connectivity index (χ0n) is 8.73.